The number of nitrogens with two attached hydrogens (primary N) is 1. The summed E-state index contributed by atoms with van der Waals surface area (Å²) >= 11 is 5.86. The Morgan fingerprint density at radius 2 is 1.85 bits per heavy atom. The van der Waals surface area contributed by atoms with Gasteiger partial charge in [-0.2, -0.15) is 0 Å². The van der Waals surface area contributed by atoms with Gasteiger partial charge in [0.1, 0.15) is 0 Å². The Kier molecular flexibility index (Phi) is 4.30. The molecule has 0 saturated carbocycles. The van der Waals surface area contributed by atoms with E-state index in [1.807, 2.05) is 13.8 Å². The molecule has 1 aliphatic rings. The number of primary amides is 1. The predicted molar refractivity (Wildman–Crippen MR) is 75.9 cm³/mol. The van der Waals surface area contributed by atoms with Crippen LogP contribution >= 0.6 is 11.6 Å². The zero-order chi connectivity index (χ0) is 14.9. The highest BCUT2D eigenvalue weighted by Gasteiger charge is 2.32. The van der Waals surface area contributed by atoms with Crippen molar-refractivity contribution in [2.45, 2.75) is 25.9 Å². The van der Waals surface area contributed by atoms with Crippen LogP contribution in [0.15, 0.2) is 18.2 Å². The van der Waals surface area contributed by atoms with Crippen molar-refractivity contribution < 1.29 is 14.3 Å². The molecule has 1 saturated heterocycles. The van der Waals surface area contributed by atoms with Gasteiger partial charge in [-0.05, 0) is 32.0 Å². The van der Waals surface area contributed by atoms with Crippen LogP contribution in [0.25, 0.3) is 0 Å². The summed E-state index contributed by atoms with van der Waals surface area (Å²) in [6, 6.07) is 4.44. The molecule has 20 heavy (non-hydrogen) atoms. The fraction of sp³-hybridized carbons (Fsp3) is 0.429. The number of hydrogen-bond acceptors (Lipinski definition) is 3. The molecule has 0 bridgehead atoms. The average molecular weight is 297 g/mol. The number of carbonyl (C=O) groups excluding carboxylic acids is 2. The summed E-state index contributed by atoms with van der Waals surface area (Å²) in [6.07, 6.45) is 0. The van der Waals surface area contributed by atoms with E-state index in [9.17, 15) is 9.59 Å². The second-order valence-corrected chi connectivity index (χ2v) is 5.44. The molecule has 2 N–H and O–H groups in total. The number of amides is 2. The van der Waals surface area contributed by atoms with E-state index >= 15 is 0 Å². The number of rotatable bonds is 2. The molecule has 2 rings (SSSR count). The van der Waals surface area contributed by atoms with E-state index in [4.69, 9.17) is 22.1 Å². The van der Waals surface area contributed by atoms with Gasteiger partial charge in [0.25, 0.3) is 5.91 Å². The lowest BCUT2D eigenvalue weighted by Crippen LogP contribution is -2.52. The van der Waals surface area contributed by atoms with E-state index in [0.717, 1.165) is 0 Å². The zero-order valence-electron chi connectivity index (χ0n) is 11.4. The van der Waals surface area contributed by atoms with Gasteiger partial charge in [0.2, 0.25) is 5.91 Å². The van der Waals surface area contributed by atoms with E-state index in [0.29, 0.717) is 18.2 Å². The maximum Gasteiger partial charge on any atom is 0.255 e. The van der Waals surface area contributed by atoms with E-state index in [1.54, 1.807) is 17.0 Å². The molecule has 2 atom stereocenters. The first-order valence-corrected chi connectivity index (χ1v) is 6.79. The molecule has 0 aromatic heterocycles. The summed E-state index contributed by atoms with van der Waals surface area (Å²) in [5.74, 6) is -0.886. The van der Waals surface area contributed by atoms with Crippen molar-refractivity contribution in [3.8, 4) is 0 Å². The van der Waals surface area contributed by atoms with Crippen LogP contribution in [-0.4, -0.2) is 42.0 Å². The minimum Gasteiger partial charge on any atom is -0.377 e. The van der Waals surface area contributed by atoms with Gasteiger partial charge in [0.05, 0.1) is 36.4 Å². The van der Waals surface area contributed by atoms with E-state index < -0.39 is 5.91 Å². The largest absolute Gasteiger partial charge is 0.377 e. The molecular weight excluding hydrogens is 280 g/mol. The lowest BCUT2D eigenvalue weighted by molar-refractivity contribution is -0.0250. The SMILES string of the molecule is CC1COCC(C)N1C(=O)c1ccc(Cl)cc1C(N)=O. The smallest absolute Gasteiger partial charge is 0.255 e. The van der Waals surface area contributed by atoms with Gasteiger partial charge in [-0.15, -0.1) is 0 Å². The molecule has 1 aliphatic heterocycles. The van der Waals surface area contributed by atoms with Crippen LogP contribution in [-0.2, 0) is 4.74 Å². The van der Waals surface area contributed by atoms with Gasteiger partial charge < -0.3 is 15.4 Å². The molecule has 0 spiro atoms. The van der Waals surface area contributed by atoms with Crippen molar-refractivity contribution in [2.24, 2.45) is 5.73 Å². The lowest BCUT2D eigenvalue weighted by Gasteiger charge is -2.39. The average Bonchev–Trinajstić information content (AvgIpc) is 2.38. The van der Waals surface area contributed by atoms with Gasteiger partial charge in [0.15, 0.2) is 0 Å². The highest BCUT2D eigenvalue weighted by Crippen LogP contribution is 2.22. The lowest BCUT2D eigenvalue weighted by atomic mass is 10.0. The van der Waals surface area contributed by atoms with Crippen molar-refractivity contribution in [1.29, 1.82) is 0 Å². The first kappa shape index (κ1) is 14.8. The molecular formula is C14H17ClN2O3. The molecule has 0 radical (unpaired) electrons. The Bertz CT molecular complexity index is 537. The Labute approximate surface area is 122 Å². The maximum absolute atomic E-state index is 12.7. The van der Waals surface area contributed by atoms with E-state index in [2.05, 4.69) is 0 Å². The van der Waals surface area contributed by atoms with Gasteiger partial charge in [-0.1, -0.05) is 11.6 Å². The van der Waals surface area contributed by atoms with Crippen LogP contribution in [0.2, 0.25) is 5.02 Å². The second-order valence-electron chi connectivity index (χ2n) is 5.00. The Morgan fingerprint density at radius 3 is 2.40 bits per heavy atom. The van der Waals surface area contributed by atoms with Crippen LogP contribution in [0.5, 0.6) is 0 Å². The fourth-order valence-corrected chi connectivity index (χ4v) is 2.62. The minimum atomic E-state index is -0.663. The maximum atomic E-state index is 12.7. The van der Waals surface area contributed by atoms with Crippen molar-refractivity contribution in [2.75, 3.05) is 13.2 Å². The third kappa shape index (κ3) is 2.78. The molecule has 2 unspecified atom stereocenters. The van der Waals surface area contributed by atoms with Gasteiger partial charge in [0, 0.05) is 5.02 Å². The van der Waals surface area contributed by atoms with Gasteiger partial charge in [-0.25, -0.2) is 0 Å². The highest BCUT2D eigenvalue weighted by molar-refractivity contribution is 6.31. The summed E-state index contributed by atoms with van der Waals surface area (Å²) in [7, 11) is 0. The zero-order valence-corrected chi connectivity index (χ0v) is 12.2. The topological polar surface area (TPSA) is 72.6 Å². The van der Waals surface area contributed by atoms with Crippen LogP contribution in [0.1, 0.15) is 34.6 Å². The number of benzene rings is 1. The van der Waals surface area contributed by atoms with Gasteiger partial charge in [-0.3, -0.25) is 9.59 Å². The predicted octanol–water partition coefficient (Wildman–Crippen LogP) is 1.69. The number of ether oxygens (including phenoxy) is 1. The van der Waals surface area contributed by atoms with Crippen LogP contribution in [0, 0.1) is 0 Å². The van der Waals surface area contributed by atoms with Crippen molar-refractivity contribution >= 4 is 23.4 Å². The monoisotopic (exact) mass is 296 g/mol. The number of carbonyl (C=O) groups is 2. The summed E-state index contributed by atoms with van der Waals surface area (Å²) in [6.45, 7) is 4.78. The molecule has 1 aromatic carbocycles. The van der Waals surface area contributed by atoms with Gasteiger partial charge >= 0.3 is 0 Å². The first-order valence-electron chi connectivity index (χ1n) is 6.41. The molecule has 1 fully saturated rings. The van der Waals surface area contributed by atoms with Crippen molar-refractivity contribution in [3.63, 3.8) is 0 Å². The normalized spacial score (nSPS) is 22.6. The van der Waals surface area contributed by atoms with Crippen LogP contribution < -0.4 is 5.73 Å². The Hall–Kier alpha value is -1.59. The number of nitrogens with zero attached hydrogens (tertiary/aromatic N) is 1. The fourth-order valence-electron chi connectivity index (χ4n) is 2.45. The Morgan fingerprint density at radius 1 is 1.25 bits per heavy atom. The minimum absolute atomic E-state index is 0.0531. The molecule has 1 heterocycles. The van der Waals surface area contributed by atoms with E-state index in [1.165, 1.54) is 6.07 Å². The number of halogens is 1. The van der Waals surface area contributed by atoms with Crippen molar-refractivity contribution in [1.82, 2.24) is 4.90 Å². The standard InChI is InChI=1S/C14H17ClN2O3/c1-8-6-20-7-9(2)17(8)14(19)11-4-3-10(15)5-12(11)13(16)18/h3-5,8-9H,6-7H2,1-2H3,(H2,16,18). The second kappa shape index (κ2) is 5.81. The molecule has 0 aliphatic carbocycles. The van der Waals surface area contributed by atoms with Crippen molar-refractivity contribution in [3.05, 3.63) is 34.3 Å². The molecule has 5 nitrogen and oxygen atoms in total. The summed E-state index contributed by atoms with van der Waals surface area (Å²) in [5.41, 5.74) is 5.75. The quantitative estimate of drug-likeness (QED) is 0.902. The molecule has 108 valence electrons. The third-order valence-corrected chi connectivity index (χ3v) is 3.61. The summed E-state index contributed by atoms with van der Waals surface area (Å²) in [4.78, 5) is 25.9. The third-order valence-electron chi connectivity index (χ3n) is 3.38. The highest BCUT2D eigenvalue weighted by atomic mass is 35.5. The number of hydrogen-bond donors (Lipinski definition) is 1. The summed E-state index contributed by atoms with van der Waals surface area (Å²) < 4.78 is 5.40. The molecule has 1 aromatic rings. The summed E-state index contributed by atoms with van der Waals surface area (Å²) in [5, 5.41) is 0.374. The van der Waals surface area contributed by atoms with Crippen LogP contribution in [0.3, 0.4) is 0 Å². The van der Waals surface area contributed by atoms with Crippen LogP contribution in [0.4, 0.5) is 0 Å². The molecule has 2 amide bonds. The molecule has 6 heteroatoms. The number of morpholine rings is 1. The first-order chi connectivity index (χ1) is 9.41. The van der Waals surface area contributed by atoms with E-state index in [-0.39, 0.29) is 29.1 Å². The Balaban J connectivity index is 2.40.